The Morgan fingerprint density at radius 1 is 0.617 bits per heavy atom. The molecule has 4 aliphatic carbocycles. The molecule has 4 rings (SSSR count). The zero-order valence-corrected chi connectivity index (χ0v) is 33.3. The minimum atomic E-state index is 0.537. The molecule has 0 bridgehead atoms. The van der Waals surface area contributed by atoms with Crippen molar-refractivity contribution in [3.63, 3.8) is 0 Å². The van der Waals surface area contributed by atoms with E-state index in [1.165, 1.54) is 193 Å². The summed E-state index contributed by atoms with van der Waals surface area (Å²) < 4.78 is 0. The van der Waals surface area contributed by atoms with Crippen molar-refractivity contribution in [1.82, 2.24) is 0 Å². The van der Waals surface area contributed by atoms with Gasteiger partial charge in [-0.25, -0.2) is 0 Å². The monoisotopic (exact) mass is 651 g/mol. The van der Waals surface area contributed by atoms with Crippen LogP contribution in [0.3, 0.4) is 0 Å². The molecular formula is C47H86. The molecule has 0 aliphatic heterocycles. The fraction of sp³-hybridized carbons (Fsp3) is 0.957. The molecule has 0 amide bonds. The zero-order valence-electron chi connectivity index (χ0n) is 33.3. The lowest BCUT2D eigenvalue weighted by Gasteiger charge is -2.58. The summed E-state index contributed by atoms with van der Waals surface area (Å²) in [7, 11) is 0. The van der Waals surface area contributed by atoms with E-state index in [1.807, 2.05) is 5.57 Å². The smallest absolute Gasteiger partial charge is 0.00851 e. The Morgan fingerprint density at radius 3 is 1.77 bits per heavy atom. The first kappa shape index (κ1) is 39.5. The highest BCUT2D eigenvalue weighted by atomic mass is 14.6. The SMILES string of the molecule is CCCCCCCCCCCCCCCCCCCCC1CC[C@@]2(C)C(=CCC3C2CC[C@@]2(C)C3CC[C@@H]2[C@H](C)CCCC(C)C)C1. The summed E-state index contributed by atoms with van der Waals surface area (Å²) in [5, 5.41) is 0. The second-order valence-corrected chi connectivity index (χ2v) is 19.2. The first-order valence-corrected chi connectivity index (χ1v) is 22.5. The van der Waals surface area contributed by atoms with Gasteiger partial charge in [0.25, 0.3) is 0 Å². The highest BCUT2D eigenvalue weighted by Crippen LogP contribution is 2.67. The van der Waals surface area contributed by atoms with Crippen LogP contribution >= 0.6 is 0 Å². The number of unbranched alkanes of at least 4 members (excludes halogenated alkanes) is 17. The third kappa shape index (κ3) is 11.4. The molecule has 8 atom stereocenters. The molecule has 3 fully saturated rings. The highest BCUT2D eigenvalue weighted by molar-refractivity contribution is 5.25. The molecule has 0 heterocycles. The van der Waals surface area contributed by atoms with Gasteiger partial charge in [0.15, 0.2) is 0 Å². The minimum absolute atomic E-state index is 0.537. The van der Waals surface area contributed by atoms with Crippen LogP contribution < -0.4 is 0 Å². The molecule has 47 heavy (non-hydrogen) atoms. The second kappa shape index (κ2) is 20.6. The zero-order chi connectivity index (χ0) is 33.5. The molecular weight excluding hydrogens is 565 g/mol. The lowest BCUT2D eigenvalue weighted by molar-refractivity contribution is -0.0529. The van der Waals surface area contributed by atoms with Crippen molar-refractivity contribution < 1.29 is 0 Å². The largest absolute Gasteiger partial charge is 0.0845 e. The first-order chi connectivity index (χ1) is 22.8. The average molecular weight is 651 g/mol. The van der Waals surface area contributed by atoms with Gasteiger partial charge in [-0.05, 0) is 104 Å². The summed E-state index contributed by atoms with van der Waals surface area (Å²) in [5.41, 5.74) is 3.09. The molecule has 0 nitrogen and oxygen atoms in total. The van der Waals surface area contributed by atoms with Crippen molar-refractivity contribution >= 4 is 0 Å². The number of allylic oxidation sites excluding steroid dienone is 2. The standard InChI is InChI=1S/C47H86/c1-7-8-9-10-11-12-13-14-15-16-17-18-19-20-21-22-23-24-28-40-33-35-46(5)41(37-40)29-30-42-44-32-31-43(39(4)27-25-26-38(2)3)47(44,6)36-34-45(42)46/h29,38-40,42-45H,7-28,30-37H2,1-6H3/t39-,40?,42?,43-,44?,45?,46+,47-/m1/s1. The number of hydrogen-bond donors (Lipinski definition) is 0. The van der Waals surface area contributed by atoms with E-state index >= 15 is 0 Å². The fourth-order valence-electron chi connectivity index (χ4n) is 12.3. The molecule has 0 N–H and O–H groups in total. The Labute approximate surface area is 297 Å². The van der Waals surface area contributed by atoms with Crippen LogP contribution in [-0.4, -0.2) is 0 Å². The molecule has 3 saturated carbocycles. The second-order valence-electron chi connectivity index (χ2n) is 19.2. The van der Waals surface area contributed by atoms with Crippen molar-refractivity contribution in [3.05, 3.63) is 11.6 Å². The van der Waals surface area contributed by atoms with Crippen molar-refractivity contribution in [2.75, 3.05) is 0 Å². The van der Waals surface area contributed by atoms with Gasteiger partial charge in [-0.2, -0.15) is 0 Å². The molecule has 0 saturated heterocycles. The first-order valence-electron chi connectivity index (χ1n) is 22.5. The van der Waals surface area contributed by atoms with E-state index in [2.05, 4.69) is 47.6 Å². The van der Waals surface area contributed by atoms with Crippen LogP contribution in [-0.2, 0) is 0 Å². The Kier molecular flexibility index (Phi) is 17.3. The Bertz CT molecular complexity index is 865. The van der Waals surface area contributed by atoms with Gasteiger partial charge in [0.2, 0.25) is 0 Å². The van der Waals surface area contributed by atoms with Crippen molar-refractivity contribution in [1.29, 1.82) is 0 Å². The van der Waals surface area contributed by atoms with Crippen molar-refractivity contribution in [2.24, 2.45) is 52.3 Å². The van der Waals surface area contributed by atoms with Crippen LogP contribution in [0.15, 0.2) is 11.6 Å². The predicted molar refractivity (Wildman–Crippen MR) is 210 cm³/mol. The molecule has 0 aromatic rings. The molecule has 0 spiro atoms. The van der Waals surface area contributed by atoms with E-state index in [0.29, 0.717) is 10.8 Å². The molecule has 4 unspecified atom stereocenters. The maximum absolute atomic E-state index is 2.84. The maximum atomic E-state index is 2.84. The van der Waals surface area contributed by atoms with Gasteiger partial charge in [-0.3, -0.25) is 0 Å². The molecule has 0 heteroatoms. The van der Waals surface area contributed by atoms with E-state index in [0.717, 1.165) is 41.4 Å². The Balaban J connectivity index is 1.05. The minimum Gasteiger partial charge on any atom is -0.0845 e. The van der Waals surface area contributed by atoms with Crippen LogP contribution in [0.1, 0.15) is 234 Å². The summed E-state index contributed by atoms with van der Waals surface area (Å²) >= 11 is 0. The lowest BCUT2D eigenvalue weighted by atomic mass is 9.46. The van der Waals surface area contributed by atoms with E-state index in [-0.39, 0.29) is 0 Å². The number of hydrogen-bond acceptors (Lipinski definition) is 0. The summed E-state index contributed by atoms with van der Waals surface area (Å²) in [6.07, 6.45) is 47.4. The van der Waals surface area contributed by atoms with Gasteiger partial charge < -0.3 is 0 Å². The van der Waals surface area contributed by atoms with Crippen LogP contribution in [0.25, 0.3) is 0 Å². The predicted octanol–water partition coefficient (Wildman–Crippen LogP) is 16.1. The molecule has 4 aliphatic rings. The Hall–Kier alpha value is -0.260. The van der Waals surface area contributed by atoms with Gasteiger partial charge in [0.05, 0.1) is 0 Å². The van der Waals surface area contributed by atoms with Gasteiger partial charge in [0, 0.05) is 0 Å². The topological polar surface area (TPSA) is 0 Å². The van der Waals surface area contributed by atoms with Gasteiger partial charge >= 0.3 is 0 Å². The summed E-state index contributed by atoms with van der Waals surface area (Å²) in [6.45, 7) is 15.3. The van der Waals surface area contributed by atoms with Crippen molar-refractivity contribution in [3.8, 4) is 0 Å². The third-order valence-electron chi connectivity index (χ3n) is 15.4. The molecule has 0 aromatic heterocycles. The lowest BCUT2D eigenvalue weighted by Crippen LogP contribution is -2.50. The van der Waals surface area contributed by atoms with Gasteiger partial charge in [-0.1, -0.05) is 194 Å². The van der Waals surface area contributed by atoms with E-state index in [4.69, 9.17) is 0 Å². The van der Waals surface area contributed by atoms with Crippen LogP contribution in [0.5, 0.6) is 0 Å². The summed E-state index contributed by atoms with van der Waals surface area (Å²) in [5.74, 6) is 6.76. The van der Waals surface area contributed by atoms with Gasteiger partial charge in [0.1, 0.15) is 0 Å². The fourth-order valence-corrected chi connectivity index (χ4v) is 12.3. The van der Waals surface area contributed by atoms with Crippen molar-refractivity contribution in [2.45, 2.75) is 234 Å². The highest BCUT2D eigenvalue weighted by Gasteiger charge is 2.59. The van der Waals surface area contributed by atoms with Crippen LogP contribution in [0.4, 0.5) is 0 Å². The maximum Gasteiger partial charge on any atom is -0.00851 e. The van der Waals surface area contributed by atoms with E-state index < -0.39 is 0 Å². The molecule has 0 radical (unpaired) electrons. The number of rotatable bonds is 24. The van der Waals surface area contributed by atoms with E-state index in [1.54, 1.807) is 0 Å². The summed E-state index contributed by atoms with van der Waals surface area (Å²) in [4.78, 5) is 0. The normalized spacial score (nSPS) is 32.6. The Morgan fingerprint density at radius 2 is 1.19 bits per heavy atom. The molecule has 0 aromatic carbocycles. The third-order valence-corrected chi connectivity index (χ3v) is 15.4. The van der Waals surface area contributed by atoms with Gasteiger partial charge in [-0.15, -0.1) is 0 Å². The number of fused-ring (bicyclic) bond motifs is 5. The van der Waals surface area contributed by atoms with Crippen LogP contribution in [0, 0.1) is 52.3 Å². The molecule has 274 valence electrons. The van der Waals surface area contributed by atoms with E-state index in [9.17, 15) is 0 Å². The summed E-state index contributed by atoms with van der Waals surface area (Å²) in [6, 6.07) is 0. The average Bonchev–Trinajstić information content (AvgIpc) is 3.41. The quantitative estimate of drug-likeness (QED) is 0.0720. The van der Waals surface area contributed by atoms with Crippen LogP contribution in [0.2, 0.25) is 0 Å².